The number of nitrogen functional groups attached to an aromatic ring is 1. The minimum atomic E-state index is -1.14. The topological polar surface area (TPSA) is 144 Å². The third kappa shape index (κ3) is 3.87. The Hall–Kier alpha value is -2.77. The predicted octanol–water partition coefficient (Wildman–Crippen LogP) is 3.27. The summed E-state index contributed by atoms with van der Waals surface area (Å²) in [6, 6.07) is 0. The molecule has 5 N–H and O–H groups in total. The minimum Gasteiger partial charge on any atom is -0.394 e. The van der Waals surface area contributed by atoms with Crippen LogP contribution in [0, 0.1) is 40.4 Å². The molecule has 3 saturated carbocycles. The fourth-order valence-electron chi connectivity index (χ4n) is 9.42. The lowest BCUT2D eigenvalue weighted by atomic mass is 9.46. The number of allylic oxidation sites excluding steroid dienone is 1. The van der Waals surface area contributed by atoms with E-state index < -0.39 is 24.0 Å². The fraction of sp³-hybridized carbons (Fsp3) is 0.656. The summed E-state index contributed by atoms with van der Waals surface area (Å²) in [4.78, 5) is 20.8. The van der Waals surface area contributed by atoms with Gasteiger partial charge in [-0.15, -0.1) is 0 Å². The summed E-state index contributed by atoms with van der Waals surface area (Å²) >= 11 is 0. The second kappa shape index (κ2) is 9.37. The van der Waals surface area contributed by atoms with Crippen molar-refractivity contribution in [2.45, 2.75) is 95.7 Å². The first-order chi connectivity index (χ1) is 19.6. The number of nitrogens with two attached hydrogens (primary N) is 1. The Morgan fingerprint density at radius 3 is 2.73 bits per heavy atom. The normalized spacial score (nSPS) is 41.8. The second-order valence-electron chi connectivity index (χ2n) is 13.6. The predicted molar refractivity (Wildman–Crippen MR) is 152 cm³/mol. The molecule has 1 aliphatic heterocycles. The van der Waals surface area contributed by atoms with Crippen LogP contribution in [0.4, 0.5) is 5.82 Å². The van der Waals surface area contributed by atoms with Gasteiger partial charge in [0.2, 0.25) is 0 Å². The molecule has 41 heavy (non-hydrogen) atoms. The van der Waals surface area contributed by atoms with Gasteiger partial charge in [0.25, 0.3) is 0 Å². The smallest absolute Gasteiger partial charge is 0.155 e. The number of fused-ring (bicyclic) bond motifs is 6. The minimum absolute atomic E-state index is 0.0921. The number of ether oxygens (including phenoxy) is 1. The summed E-state index contributed by atoms with van der Waals surface area (Å²) in [6.45, 7) is 4.34. The number of nitrogens with zero attached hydrogens (tertiary/aromatic N) is 3. The van der Waals surface area contributed by atoms with E-state index in [2.05, 4.69) is 35.7 Å². The molecule has 9 nitrogen and oxygen atoms in total. The van der Waals surface area contributed by atoms with Gasteiger partial charge in [-0.2, -0.15) is 0 Å². The Morgan fingerprint density at radius 2 is 1.95 bits per heavy atom. The molecular formula is C32H40N4O5. The van der Waals surface area contributed by atoms with Gasteiger partial charge in [0, 0.05) is 24.5 Å². The van der Waals surface area contributed by atoms with E-state index in [9.17, 15) is 20.1 Å². The molecule has 7 rings (SSSR count). The third-order valence-electron chi connectivity index (χ3n) is 11.9. The molecule has 2 aromatic rings. The van der Waals surface area contributed by atoms with Crippen LogP contribution in [0.1, 0.15) is 83.4 Å². The summed E-state index contributed by atoms with van der Waals surface area (Å²) in [5.74, 6) is 8.64. The number of anilines is 1. The van der Waals surface area contributed by atoms with E-state index in [1.54, 1.807) is 4.57 Å². The molecule has 5 aliphatic rings. The third-order valence-corrected chi connectivity index (χ3v) is 11.9. The molecule has 0 spiro atoms. The maximum absolute atomic E-state index is 12.2. The summed E-state index contributed by atoms with van der Waals surface area (Å²) < 4.78 is 7.70. The van der Waals surface area contributed by atoms with Crippen molar-refractivity contribution >= 4 is 22.6 Å². The van der Waals surface area contributed by atoms with Gasteiger partial charge < -0.3 is 30.4 Å². The highest BCUT2D eigenvalue weighted by Gasteiger charge is 2.63. The number of hydrogen-bond donors (Lipinski definition) is 4. The van der Waals surface area contributed by atoms with Crippen molar-refractivity contribution in [2.24, 2.45) is 28.6 Å². The largest absolute Gasteiger partial charge is 0.394 e. The number of ketones is 1. The second-order valence-corrected chi connectivity index (χ2v) is 13.6. The quantitative estimate of drug-likeness (QED) is 0.410. The maximum atomic E-state index is 12.2. The standard InChI is InChI=1S/C32H40N4O5/c1-30-9-6-20(38)13-19(30)3-4-21-22(30)7-10-31(2)23(21)8-12-32(31,40)11-5-18-15-36(26-14-24(39)25(16-37)41-26)29-27(18)28(33)34-17-35-29/h13,15,17,21-26,37,39-40H,3-4,6-10,12,14,16H2,1-2H3,(H2,33,34,35)/t21-,22+,23+,24+,25-,26-,30+,31+,32-/m1/s1. The Morgan fingerprint density at radius 1 is 1.15 bits per heavy atom. The van der Waals surface area contributed by atoms with E-state index in [1.807, 2.05) is 12.3 Å². The maximum Gasteiger partial charge on any atom is 0.155 e. The molecule has 9 heteroatoms. The van der Waals surface area contributed by atoms with E-state index in [-0.39, 0.29) is 23.2 Å². The first kappa shape index (κ1) is 27.1. The summed E-state index contributed by atoms with van der Waals surface area (Å²) in [5, 5.41) is 32.7. The molecule has 2 aromatic heterocycles. The van der Waals surface area contributed by atoms with E-state index in [0.717, 1.165) is 38.5 Å². The van der Waals surface area contributed by atoms with Gasteiger partial charge in [-0.1, -0.05) is 31.3 Å². The van der Waals surface area contributed by atoms with Crippen LogP contribution in [0.15, 0.2) is 24.2 Å². The number of carbonyl (C=O) groups excluding carboxylic acids is 1. The van der Waals surface area contributed by atoms with Crippen molar-refractivity contribution in [2.75, 3.05) is 12.3 Å². The molecule has 3 heterocycles. The van der Waals surface area contributed by atoms with Crippen LogP contribution in [0.25, 0.3) is 11.0 Å². The van der Waals surface area contributed by atoms with Crippen molar-refractivity contribution in [1.82, 2.24) is 14.5 Å². The number of aromatic nitrogens is 3. The number of hydrogen-bond acceptors (Lipinski definition) is 8. The van der Waals surface area contributed by atoms with Gasteiger partial charge in [-0.25, -0.2) is 9.97 Å². The molecule has 4 fully saturated rings. The van der Waals surface area contributed by atoms with Crippen LogP contribution < -0.4 is 5.73 Å². The van der Waals surface area contributed by atoms with Gasteiger partial charge in [0.05, 0.1) is 23.7 Å². The van der Waals surface area contributed by atoms with Crippen molar-refractivity contribution < 1.29 is 24.9 Å². The highest BCUT2D eigenvalue weighted by molar-refractivity contribution is 5.92. The van der Waals surface area contributed by atoms with Gasteiger partial charge in [-0.05, 0) is 74.2 Å². The van der Waals surface area contributed by atoms with E-state index in [0.29, 0.717) is 59.4 Å². The molecule has 0 unspecified atom stereocenters. The van der Waals surface area contributed by atoms with Crippen LogP contribution in [-0.4, -0.2) is 60.1 Å². The Labute approximate surface area is 240 Å². The highest BCUT2D eigenvalue weighted by Crippen LogP contribution is 2.67. The van der Waals surface area contributed by atoms with Crippen molar-refractivity contribution in [3.63, 3.8) is 0 Å². The van der Waals surface area contributed by atoms with Gasteiger partial charge in [0.1, 0.15) is 35.7 Å². The SMILES string of the molecule is C[C@]12CCC(=O)C=C1CC[C@@H]1[C@@H]2CC[C@@]2(C)[C@H]1CC[C@]2(O)C#Cc1cn([C@H]2C[C@H](O)[C@@H](CO)O2)c2ncnc(N)c12. The Bertz CT molecular complexity index is 1510. The van der Waals surface area contributed by atoms with E-state index in [4.69, 9.17) is 10.5 Å². The highest BCUT2D eigenvalue weighted by atomic mass is 16.5. The molecule has 9 atom stereocenters. The van der Waals surface area contributed by atoms with Gasteiger partial charge >= 0.3 is 0 Å². The molecule has 0 radical (unpaired) electrons. The van der Waals surface area contributed by atoms with Crippen LogP contribution in [-0.2, 0) is 9.53 Å². The molecule has 0 aromatic carbocycles. The average molecular weight is 561 g/mol. The molecule has 218 valence electrons. The Kier molecular flexibility index (Phi) is 6.19. The zero-order valence-corrected chi connectivity index (χ0v) is 23.8. The van der Waals surface area contributed by atoms with E-state index in [1.165, 1.54) is 11.9 Å². The van der Waals surface area contributed by atoms with Gasteiger partial charge in [0.15, 0.2) is 5.78 Å². The molecular weight excluding hydrogens is 520 g/mol. The zero-order chi connectivity index (χ0) is 28.7. The van der Waals surface area contributed by atoms with Crippen molar-refractivity contribution in [3.8, 4) is 11.8 Å². The first-order valence-electron chi connectivity index (χ1n) is 15.1. The molecule has 0 bridgehead atoms. The molecule has 0 amide bonds. The van der Waals surface area contributed by atoms with Crippen LogP contribution >= 0.6 is 0 Å². The fourth-order valence-corrected chi connectivity index (χ4v) is 9.42. The van der Waals surface area contributed by atoms with Crippen molar-refractivity contribution in [1.29, 1.82) is 0 Å². The monoisotopic (exact) mass is 560 g/mol. The Balaban J connectivity index is 1.21. The lowest BCUT2D eigenvalue weighted by Gasteiger charge is -2.58. The first-order valence-corrected chi connectivity index (χ1v) is 15.1. The zero-order valence-electron chi connectivity index (χ0n) is 23.8. The number of rotatable bonds is 2. The molecule has 4 aliphatic carbocycles. The molecule has 1 saturated heterocycles. The van der Waals surface area contributed by atoms with E-state index >= 15 is 0 Å². The number of carbonyl (C=O) groups is 1. The summed E-state index contributed by atoms with van der Waals surface area (Å²) in [7, 11) is 0. The average Bonchev–Trinajstić information content (AvgIpc) is 3.59. The number of aliphatic hydroxyl groups is 3. The van der Waals surface area contributed by atoms with Crippen LogP contribution in [0.2, 0.25) is 0 Å². The summed E-state index contributed by atoms with van der Waals surface area (Å²) in [6.07, 6.45) is 10.6. The lowest BCUT2D eigenvalue weighted by Crippen LogP contribution is -2.54. The van der Waals surface area contributed by atoms with Crippen molar-refractivity contribution in [3.05, 3.63) is 29.7 Å². The summed E-state index contributed by atoms with van der Waals surface area (Å²) in [5.41, 5.74) is 7.45. The van der Waals surface area contributed by atoms with Crippen LogP contribution in [0.3, 0.4) is 0 Å². The number of aliphatic hydroxyl groups excluding tert-OH is 2. The van der Waals surface area contributed by atoms with Crippen LogP contribution in [0.5, 0.6) is 0 Å². The van der Waals surface area contributed by atoms with Gasteiger partial charge in [-0.3, -0.25) is 4.79 Å². The lowest BCUT2D eigenvalue weighted by molar-refractivity contribution is -0.119.